The van der Waals surface area contributed by atoms with Gasteiger partial charge in [-0.2, -0.15) is 0 Å². The molecule has 4 nitrogen and oxygen atoms in total. The highest BCUT2D eigenvalue weighted by atomic mass is 16.1. The average Bonchev–Trinajstić information content (AvgIpc) is 2.62. The molecule has 118 valence electrons. The predicted molar refractivity (Wildman–Crippen MR) is 94.3 cm³/mol. The zero-order valence-electron chi connectivity index (χ0n) is 12.9. The maximum Gasteiger partial charge on any atom is 0.249 e. The summed E-state index contributed by atoms with van der Waals surface area (Å²) in [5.74, 6) is -1.20. The predicted octanol–water partition coefficient (Wildman–Crippen LogP) is 3.22. The number of carbonyl (C=O) groups excluding carboxylic acids is 2. The Morgan fingerprint density at radius 1 is 0.583 bits per heavy atom. The Morgan fingerprint density at radius 3 is 1.29 bits per heavy atom. The van der Waals surface area contributed by atoms with Crippen molar-refractivity contribution in [2.75, 3.05) is 0 Å². The van der Waals surface area contributed by atoms with Gasteiger partial charge in [0.05, 0.1) is 0 Å². The zero-order valence-corrected chi connectivity index (χ0v) is 12.9. The molecule has 2 amide bonds. The molecule has 0 unspecified atom stereocenters. The molecule has 0 atom stereocenters. The van der Waals surface area contributed by atoms with Crippen LogP contribution in [0, 0.1) is 0 Å². The number of carbonyl (C=O) groups is 2. The third kappa shape index (κ3) is 2.90. The number of primary amides is 2. The molecule has 0 spiro atoms. The maximum absolute atomic E-state index is 11.9. The number of hydrogen-bond donors (Lipinski definition) is 2. The second kappa shape index (κ2) is 6.38. The van der Waals surface area contributed by atoms with E-state index >= 15 is 0 Å². The summed E-state index contributed by atoms with van der Waals surface area (Å²) in [4.78, 5) is 23.8. The second-order valence-electron chi connectivity index (χ2n) is 5.40. The SMILES string of the molecule is NC(=O)c1cc(C(N)=O)c(-c2ccccc2)cc1-c1ccccc1. The van der Waals surface area contributed by atoms with Gasteiger partial charge >= 0.3 is 0 Å². The van der Waals surface area contributed by atoms with Crippen molar-refractivity contribution < 1.29 is 9.59 Å². The van der Waals surface area contributed by atoms with Crippen LogP contribution < -0.4 is 11.5 Å². The lowest BCUT2D eigenvalue weighted by Gasteiger charge is -2.14. The van der Waals surface area contributed by atoms with E-state index in [0.29, 0.717) is 11.1 Å². The van der Waals surface area contributed by atoms with Crippen molar-refractivity contribution in [3.05, 3.63) is 83.9 Å². The Hall–Kier alpha value is -3.40. The fraction of sp³-hybridized carbons (Fsp3) is 0. The highest BCUT2D eigenvalue weighted by molar-refractivity contribution is 6.07. The first-order valence-electron chi connectivity index (χ1n) is 7.46. The van der Waals surface area contributed by atoms with Crippen LogP contribution in [0.25, 0.3) is 22.3 Å². The Bertz CT molecular complexity index is 831. The van der Waals surface area contributed by atoms with Gasteiger partial charge in [0.2, 0.25) is 11.8 Å². The van der Waals surface area contributed by atoms with E-state index in [-0.39, 0.29) is 11.1 Å². The quantitative estimate of drug-likeness (QED) is 0.774. The van der Waals surface area contributed by atoms with Crippen LogP contribution in [-0.2, 0) is 0 Å². The van der Waals surface area contributed by atoms with E-state index < -0.39 is 11.8 Å². The van der Waals surface area contributed by atoms with E-state index in [1.807, 2.05) is 60.7 Å². The van der Waals surface area contributed by atoms with Crippen molar-refractivity contribution >= 4 is 11.8 Å². The Labute approximate surface area is 139 Å². The first-order valence-corrected chi connectivity index (χ1v) is 7.46. The number of benzene rings is 3. The fourth-order valence-electron chi connectivity index (χ4n) is 2.72. The molecule has 0 fully saturated rings. The first-order chi connectivity index (χ1) is 11.6. The van der Waals surface area contributed by atoms with E-state index in [1.165, 1.54) is 6.07 Å². The van der Waals surface area contributed by atoms with Crippen molar-refractivity contribution in [3.8, 4) is 22.3 Å². The van der Waals surface area contributed by atoms with Gasteiger partial charge in [0.1, 0.15) is 0 Å². The van der Waals surface area contributed by atoms with Crippen LogP contribution in [0.15, 0.2) is 72.8 Å². The van der Waals surface area contributed by atoms with Crippen LogP contribution >= 0.6 is 0 Å². The molecule has 4 N–H and O–H groups in total. The molecule has 0 bridgehead atoms. The summed E-state index contributed by atoms with van der Waals surface area (Å²) in [6, 6.07) is 22.1. The molecular formula is C20H16N2O2. The Balaban J connectivity index is 2.33. The molecule has 0 aliphatic carbocycles. The van der Waals surface area contributed by atoms with E-state index in [4.69, 9.17) is 11.5 Å². The van der Waals surface area contributed by atoms with Gasteiger partial charge in [-0.3, -0.25) is 9.59 Å². The van der Waals surface area contributed by atoms with Crippen LogP contribution in [0.2, 0.25) is 0 Å². The molecule has 0 radical (unpaired) electrons. The average molecular weight is 316 g/mol. The summed E-state index contributed by atoms with van der Waals surface area (Å²) in [5, 5.41) is 0. The zero-order chi connectivity index (χ0) is 17.1. The van der Waals surface area contributed by atoms with E-state index in [0.717, 1.165) is 11.1 Å². The van der Waals surface area contributed by atoms with Gasteiger partial charge in [-0.25, -0.2) is 0 Å². The third-order valence-corrected chi connectivity index (χ3v) is 3.86. The van der Waals surface area contributed by atoms with Gasteiger partial charge in [0.25, 0.3) is 0 Å². The molecule has 3 rings (SSSR count). The summed E-state index contributed by atoms with van der Waals surface area (Å²) in [6.45, 7) is 0. The summed E-state index contributed by atoms with van der Waals surface area (Å²) in [6.07, 6.45) is 0. The number of nitrogens with two attached hydrogens (primary N) is 2. The molecule has 0 aromatic heterocycles. The highest BCUT2D eigenvalue weighted by Crippen LogP contribution is 2.32. The monoisotopic (exact) mass is 316 g/mol. The van der Waals surface area contributed by atoms with E-state index in [2.05, 4.69) is 0 Å². The van der Waals surface area contributed by atoms with E-state index in [9.17, 15) is 9.59 Å². The molecule has 0 saturated heterocycles. The molecule has 3 aromatic rings. The largest absolute Gasteiger partial charge is 0.366 e. The third-order valence-electron chi connectivity index (χ3n) is 3.86. The first kappa shape index (κ1) is 15.5. The van der Waals surface area contributed by atoms with Gasteiger partial charge in [0.15, 0.2) is 0 Å². The van der Waals surface area contributed by atoms with Crippen LogP contribution in [0.3, 0.4) is 0 Å². The number of amides is 2. The van der Waals surface area contributed by atoms with Gasteiger partial charge in [-0.15, -0.1) is 0 Å². The maximum atomic E-state index is 11.9. The second-order valence-corrected chi connectivity index (χ2v) is 5.40. The summed E-state index contributed by atoms with van der Waals surface area (Å²) in [7, 11) is 0. The van der Waals surface area contributed by atoms with Crippen LogP contribution in [0.4, 0.5) is 0 Å². The smallest absolute Gasteiger partial charge is 0.249 e. The van der Waals surface area contributed by atoms with Crippen molar-refractivity contribution in [2.45, 2.75) is 0 Å². The minimum atomic E-state index is -0.601. The molecule has 0 aliphatic heterocycles. The molecule has 0 aliphatic rings. The summed E-state index contributed by atoms with van der Waals surface area (Å²) >= 11 is 0. The van der Waals surface area contributed by atoms with Crippen molar-refractivity contribution in [1.82, 2.24) is 0 Å². The number of hydrogen-bond acceptors (Lipinski definition) is 2. The van der Waals surface area contributed by atoms with Crippen LogP contribution in [0.5, 0.6) is 0 Å². The topological polar surface area (TPSA) is 86.2 Å². The van der Waals surface area contributed by atoms with Crippen LogP contribution in [0.1, 0.15) is 20.7 Å². The van der Waals surface area contributed by atoms with Gasteiger partial charge in [-0.05, 0) is 34.4 Å². The Morgan fingerprint density at radius 2 is 0.958 bits per heavy atom. The summed E-state index contributed by atoms with van der Waals surface area (Å²) < 4.78 is 0. The molecule has 0 heterocycles. The standard InChI is InChI=1S/C20H16N2O2/c21-19(23)17-12-18(20(22)24)16(14-9-5-2-6-10-14)11-15(17)13-7-3-1-4-8-13/h1-12H,(H2,21,23)(H2,22,24). The minimum absolute atomic E-state index is 0.273. The normalized spacial score (nSPS) is 10.3. The number of rotatable bonds is 4. The lowest BCUT2D eigenvalue weighted by Crippen LogP contribution is -2.17. The summed E-state index contributed by atoms with van der Waals surface area (Å²) in [5.41, 5.74) is 14.6. The highest BCUT2D eigenvalue weighted by Gasteiger charge is 2.18. The van der Waals surface area contributed by atoms with E-state index in [1.54, 1.807) is 6.07 Å². The molecular weight excluding hydrogens is 300 g/mol. The van der Waals surface area contributed by atoms with Gasteiger partial charge in [0, 0.05) is 11.1 Å². The lowest BCUT2D eigenvalue weighted by molar-refractivity contribution is 0.0999. The fourth-order valence-corrected chi connectivity index (χ4v) is 2.72. The van der Waals surface area contributed by atoms with Crippen molar-refractivity contribution in [2.24, 2.45) is 11.5 Å². The molecule has 4 heteroatoms. The van der Waals surface area contributed by atoms with Gasteiger partial charge < -0.3 is 11.5 Å². The van der Waals surface area contributed by atoms with Crippen molar-refractivity contribution in [3.63, 3.8) is 0 Å². The minimum Gasteiger partial charge on any atom is -0.366 e. The molecule has 24 heavy (non-hydrogen) atoms. The molecule has 3 aromatic carbocycles. The van der Waals surface area contributed by atoms with Gasteiger partial charge in [-0.1, -0.05) is 60.7 Å². The lowest BCUT2D eigenvalue weighted by atomic mass is 9.90. The van der Waals surface area contributed by atoms with Crippen LogP contribution in [-0.4, -0.2) is 11.8 Å². The molecule has 0 saturated carbocycles. The Kier molecular flexibility index (Phi) is 4.12. The van der Waals surface area contributed by atoms with Crippen molar-refractivity contribution in [1.29, 1.82) is 0 Å².